The van der Waals surface area contributed by atoms with E-state index < -0.39 is 5.69 Å². The maximum absolute atomic E-state index is 12.4. The summed E-state index contributed by atoms with van der Waals surface area (Å²) in [5.41, 5.74) is 0.365. The molecule has 3 rings (SSSR count). The molecular weight excluding hydrogens is 324 g/mol. The number of nitrogens with one attached hydrogen (secondary N) is 1. The molecule has 0 bridgehead atoms. The second-order valence-electron chi connectivity index (χ2n) is 6.09. The Bertz CT molecular complexity index is 784. The van der Waals surface area contributed by atoms with Crippen molar-refractivity contribution in [3.63, 3.8) is 0 Å². The van der Waals surface area contributed by atoms with Crippen LogP contribution in [0.1, 0.15) is 24.4 Å². The SMILES string of the molecule is COc1ccc([C@@H](NC(=O)Cn2cccnc2=O)C2CC(O)C2)cn1. The van der Waals surface area contributed by atoms with Crippen molar-refractivity contribution in [2.24, 2.45) is 5.92 Å². The Morgan fingerprint density at radius 3 is 2.84 bits per heavy atom. The number of aliphatic hydroxyl groups is 1. The average molecular weight is 344 g/mol. The fourth-order valence-corrected chi connectivity index (χ4v) is 2.95. The van der Waals surface area contributed by atoms with Gasteiger partial charge in [0.1, 0.15) is 6.54 Å². The van der Waals surface area contributed by atoms with Crippen LogP contribution in [0.3, 0.4) is 0 Å². The highest BCUT2D eigenvalue weighted by molar-refractivity contribution is 5.76. The van der Waals surface area contributed by atoms with Gasteiger partial charge in [0.25, 0.3) is 0 Å². The summed E-state index contributed by atoms with van der Waals surface area (Å²) in [4.78, 5) is 31.8. The summed E-state index contributed by atoms with van der Waals surface area (Å²) in [6.07, 6.45) is 5.46. The van der Waals surface area contributed by atoms with Crippen LogP contribution in [-0.4, -0.2) is 38.8 Å². The van der Waals surface area contributed by atoms with Crippen molar-refractivity contribution in [3.05, 3.63) is 52.8 Å². The summed E-state index contributed by atoms with van der Waals surface area (Å²) in [5.74, 6) is 0.321. The summed E-state index contributed by atoms with van der Waals surface area (Å²) < 4.78 is 6.30. The molecule has 1 aliphatic carbocycles. The van der Waals surface area contributed by atoms with E-state index in [2.05, 4.69) is 15.3 Å². The molecule has 1 saturated carbocycles. The molecular formula is C17H20N4O4. The van der Waals surface area contributed by atoms with E-state index in [-0.39, 0.29) is 30.5 Å². The summed E-state index contributed by atoms with van der Waals surface area (Å²) in [5, 5.41) is 12.6. The van der Waals surface area contributed by atoms with Gasteiger partial charge in [0.15, 0.2) is 0 Å². The lowest BCUT2D eigenvalue weighted by atomic mass is 9.75. The summed E-state index contributed by atoms with van der Waals surface area (Å²) in [6, 6.07) is 4.90. The number of ether oxygens (including phenoxy) is 1. The van der Waals surface area contributed by atoms with Gasteiger partial charge in [-0.15, -0.1) is 0 Å². The third-order valence-corrected chi connectivity index (χ3v) is 4.36. The van der Waals surface area contributed by atoms with Gasteiger partial charge in [-0.3, -0.25) is 9.36 Å². The Kier molecular flexibility index (Phi) is 5.08. The molecule has 2 aromatic heterocycles. The van der Waals surface area contributed by atoms with Crippen molar-refractivity contribution in [3.8, 4) is 5.88 Å². The predicted molar refractivity (Wildman–Crippen MR) is 88.9 cm³/mol. The Labute approximate surface area is 144 Å². The minimum absolute atomic E-state index is 0.109. The van der Waals surface area contributed by atoms with Gasteiger partial charge in [-0.1, -0.05) is 6.07 Å². The minimum Gasteiger partial charge on any atom is -0.481 e. The molecule has 2 aromatic rings. The Balaban J connectivity index is 1.74. The molecule has 0 unspecified atom stereocenters. The second-order valence-corrected chi connectivity index (χ2v) is 6.09. The molecule has 0 aliphatic heterocycles. The van der Waals surface area contributed by atoms with Gasteiger partial charge in [0.2, 0.25) is 11.8 Å². The average Bonchev–Trinajstić information content (AvgIpc) is 2.59. The highest BCUT2D eigenvalue weighted by atomic mass is 16.5. The summed E-state index contributed by atoms with van der Waals surface area (Å²) in [7, 11) is 1.54. The zero-order chi connectivity index (χ0) is 17.8. The molecule has 8 nitrogen and oxygen atoms in total. The maximum Gasteiger partial charge on any atom is 0.347 e. The second kappa shape index (κ2) is 7.43. The Morgan fingerprint density at radius 1 is 1.44 bits per heavy atom. The number of amides is 1. The van der Waals surface area contributed by atoms with Crippen molar-refractivity contribution in [1.82, 2.24) is 19.9 Å². The van der Waals surface area contributed by atoms with E-state index in [0.29, 0.717) is 18.7 Å². The van der Waals surface area contributed by atoms with Gasteiger partial charge in [0.05, 0.1) is 19.3 Å². The van der Waals surface area contributed by atoms with Gasteiger partial charge in [-0.25, -0.2) is 14.8 Å². The first-order valence-corrected chi connectivity index (χ1v) is 8.05. The first-order chi connectivity index (χ1) is 12.1. The molecule has 8 heteroatoms. The van der Waals surface area contributed by atoms with Crippen LogP contribution in [0, 0.1) is 5.92 Å². The minimum atomic E-state index is -0.473. The van der Waals surface area contributed by atoms with Gasteiger partial charge in [-0.05, 0) is 30.4 Å². The molecule has 0 aromatic carbocycles. The van der Waals surface area contributed by atoms with Crippen molar-refractivity contribution in [2.75, 3.05) is 7.11 Å². The quantitative estimate of drug-likeness (QED) is 0.779. The van der Waals surface area contributed by atoms with Crippen molar-refractivity contribution in [1.29, 1.82) is 0 Å². The van der Waals surface area contributed by atoms with E-state index in [1.54, 1.807) is 18.3 Å². The van der Waals surface area contributed by atoms with E-state index >= 15 is 0 Å². The highest BCUT2D eigenvalue weighted by Gasteiger charge is 2.35. The van der Waals surface area contributed by atoms with Crippen LogP contribution in [0.2, 0.25) is 0 Å². The standard InChI is InChI=1S/C17H20N4O4/c1-25-15-4-3-11(9-19-15)16(12-7-13(22)8-12)20-14(23)10-21-6-2-5-18-17(21)24/h2-6,9,12-13,16,22H,7-8,10H2,1H3,(H,20,23)/t12?,13?,16-/m1/s1. The van der Waals surface area contributed by atoms with Crippen LogP contribution in [0.15, 0.2) is 41.6 Å². The van der Waals surface area contributed by atoms with Crippen LogP contribution >= 0.6 is 0 Å². The molecule has 0 saturated heterocycles. The largest absolute Gasteiger partial charge is 0.481 e. The lowest BCUT2D eigenvalue weighted by molar-refractivity contribution is -0.123. The van der Waals surface area contributed by atoms with E-state index in [0.717, 1.165) is 5.56 Å². The Morgan fingerprint density at radius 2 is 2.24 bits per heavy atom. The fraction of sp³-hybridized carbons (Fsp3) is 0.412. The summed E-state index contributed by atoms with van der Waals surface area (Å²) >= 11 is 0. The number of carbonyl (C=O) groups excluding carboxylic acids is 1. The van der Waals surface area contributed by atoms with Gasteiger partial charge in [-0.2, -0.15) is 0 Å². The van der Waals surface area contributed by atoms with E-state index in [9.17, 15) is 14.7 Å². The smallest absolute Gasteiger partial charge is 0.347 e. The number of nitrogens with zero attached hydrogens (tertiary/aromatic N) is 3. The number of aliphatic hydroxyl groups excluding tert-OH is 1. The molecule has 1 fully saturated rings. The zero-order valence-electron chi connectivity index (χ0n) is 13.8. The molecule has 0 spiro atoms. The van der Waals surface area contributed by atoms with E-state index in [1.807, 2.05) is 6.07 Å². The molecule has 132 valence electrons. The third kappa shape index (κ3) is 4.03. The van der Waals surface area contributed by atoms with E-state index in [4.69, 9.17) is 4.74 Å². The first kappa shape index (κ1) is 17.1. The highest BCUT2D eigenvalue weighted by Crippen LogP contribution is 2.38. The number of carbonyl (C=O) groups is 1. The van der Waals surface area contributed by atoms with Crippen LogP contribution in [0.4, 0.5) is 0 Å². The zero-order valence-corrected chi connectivity index (χ0v) is 13.8. The fourth-order valence-electron chi connectivity index (χ4n) is 2.95. The third-order valence-electron chi connectivity index (χ3n) is 4.36. The molecule has 25 heavy (non-hydrogen) atoms. The molecule has 2 heterocycles. The maximum atomic E-state index is 12.4. The number of hydrogen-bond donors (Lipinski definition) is 2. The van der Waals surface area contributed by atoms with Crippen molar-refractivity contribution < 1.29 is 14.6 Å². The Hall–Kier alpha value is -2.74. The van der Waals surface area contributed by atoms with Crippen LogP contribution < -0.4 is 15.7 Å². The molecule has 1 atom stereocenters. The lowest BCUT2D eigenvalue weighted by Gasteiger charge is -2.38. The normalized spacial score (nSPS) is 20.4. The summed E-state index contributed by atoms with van der Waals surface area (Å²) in [6.45, 7) is -0.109. The van der Waals surface area contributed by atoms with Crippen LogP contribution in [-0.2, 0) is 11.3 Å². The molecule has 1 aliphatic rings. The first-order valence-electron chi connectivity index (χ1n) is 8.05. The topological polar surface area (TPSA) is 106 Å². The number of hydrogen-bond acceptors (Lipinski definition) is 6. The number of aromatic nitrogens is 3. The number of pyridine rings is 1. The molecule has 1 amide bonds. The molecule has 2 N–H and O–H groups in total. The van der Waals surface area contributed by atoms with E-state index in [1.165, 1.54) is 24.1 Å². The van der Waals surface area contributed by atoms with Crippen LogP contribution in [0.5, 0.6) is 5.88 Å². The van der Waals surface area contributed by atoms with Gasteiger partial charge in [0, 0.05) is 24.7 Å². The van der Waals surface area contributed by atoms with Crippen LogP contribution in [0.25, 0.3) is 0 Å². The molecule has 0 radical (unpaired) electrons. The number of methoxy groups -OCH3 is 1. The monoisotopic (exact) mass is 344 g/mol. The van der Waals surface area contributed by atoms with Crippen molar-refractivity contribution in [2.45, 2.75) is 31.5 Å². The van der Waals surface area contributed by atoms with Gasteiger partial charge < -0.3 is 15.2 Å². The van der Waals surface area contributed by atoms with Crippen molar-refractivity contribution >= 4 is 5.91 Å². The predicted octanol–water partition coefficient (Wildman–Crippen LogP) is 0.275. The lowest BCUT2D eigenvalue weighted by Crippen LogP contribution is -2.43. The number of rotatable bonds is 6. The van der Waals surface area contributed by atoms with Gasteiger partial charge >= 0.3 is 5.69 Å².